The highest BCUT2D eigenvalue weighted by atomic mass is 32.2. The number of hydrogen-bond acceptors (Lipinski definition) is 5. The van der Waals surface area contributed by atoms with Crippen LogP contribution < -0.4 is 10.6 Å². The average Bonchev–Trinajstić information content (AvgIpc) is 2.69. The summed E-state index contributed by atoms with van der Waals surface area (Å²) in [5, 5.41) is 0. The van der Waals surface area contributed by atoms with Crippen LogP contribution in [0.4, 0.5) is 5.82 Å². The van der Waals surface area contributed by atoms with Gasteiger partial charge in [0.2, 0.25) is 10.0 Å². The highest BCUT2D eigenvalue weighted by Gasteiger charge is 2.27. The summed E-state index contributed by atoms with van der Waals surface area (Å²) in [6, 6.07) is 5.76. The van der Waals surface area contributed by atoms with Crippen LogP contribution in [0.1, 0.15) is 19.3 Å². The fraction of sp³-hybridized carbons (Fsp3) is 0.647. The molecule has 2 aliphatic heterocycles. The van der Waals surface area contributed by atoms with E-state index in [1.807, 2.05) is 23.1 Å². The Morgan fingerprint density at radius 3 is 2.46 bits per heavy atom. The molecule has 1 aromatic rings. The molecule has 0 aliphatic carbocycles. The maximum absolute atomic E-state index is 12.6. The van der Waals surface area contributed by atoms with Crippen LogP contribution >= 0.6 is 0 Å². The molecule has 0 aromatic carbocycles. The molecule has 8 nitrogen and oxygen atoms in total. The first-order valence-corrected chi connectivity index (χ1v) is 10.9. The fourth-order valence-corrected chi connectivity index (χ4v) is 4.66. The largest absolute Gasteiger partial charge is 0.370 e. The van der Waals surface area contributed by atoms with E-state index in [-0.39, 0.29) is 12.3 Å². The lowest BCUT2D eigenvalue weighted by molar-refractivity contribution is 0.338. The molecule has 0 spiro atoms. The zero-order valence-corrected chi connectivity index (χ0v) is 15.9. The van der Waals surface area contributed by atoms with Crippen LogP contribution in [0.2, 0.25) is 0 Å². The number of nitrogens with zero attached hydrogens (tertiary/aromatic N) is 5. The van der Waals surface area contributed by atoms with Gasteiger partial charge in [-0.3, -0.25) is 4.99 Å². The molecule has 3 heterocycles. The summed E-state index contributed by atoms with van der Waals surface area (Å²) in [6.07, 6.45) is 5.22. The topological polar surface area (TPSA) is 95.1 Å². The number of aliphatic imine (C=N–C) groups is 1. The SMILES string of the molecule is NC(=NCCS(=O)(=O)N1CCN(c2ccccn2)CC1)N1CCCCC1. The summed E-state index contributed by atoms with van der Waals surface area (Å²) in [4.78, 5) is 12.8. The van der Waals surface area contributed by atoms with Gasteiger partial charge in [-0.15, -0.1) is 0 Å². The third-order valence-corrected chi connectivity index (χ3v) is 6.76. The monoisotopic (exact) mass is 380 g/mol. The normalized spacial score (nSPS) is 20.4. The van der Waals surface area contributed by atoms with Crippen LogP contribution in [-0.2, 0) is 10.0 Å². The minimum atomic E-state index is -3.31. The molecule has 9 heteroatoms. The van der Waals surface area contributed by atoms with Crippen LogP contribution in [0.15, 0.2) is 29.4 Å². The van der Waals surface area contributed by atoms with E-state index in [1.54, 1.807) is 10.5 Å². The van der Waals surface area contributed by atoms with Crippen molar-refractivity contribution < 1.29 is 8.42 Å². The maximum Gasteiger partial charge on any atom is 0.216 e. The van der Waals surface area contributed by atoms with Gasteiger partial charge in [0.15, 0.2) is 5.96 Å². The highest BCUT2D eigenvalue weighted by Crippen LogP contribution is 2.15. The van der Waals surface area contributed by atoms with Gasteiger partial charge in [-0.25, -0.2) is 13.4 Å². The summed E-state index contributed by atoms with van der Waals surface area (Å²) in [5.41, 5.74) is 5.99. The molecule has 0 saturated carbocycles. The number of aromatic nitrogens is 1. The number of guanidine groups is 1. The Kier molecular flexibility index (Phi) is 6.31. The summed E-state index contributed by atoms with van der Waals surface area (Å²) in [5.74, 6) is 1.37. The zero-order valence-electron chi connectivity index (χ0n) is 15.1. The van der Waals surface area contributed by atoms with E-state index in [0.717, 1.165) is 31.7 Å². The van der Waals surface area contributed by atoms with Gasteiger partial charge in [0.25, 0.3) is 0 Å². The van der Waals surface area contributed by atoms with Gasteiger partial charge < -0.3 is 15.5 Å². The third-order valence-electron chi connectivity index (χ3n) is 4.91. The molecule has 0 unspecified atom stereocenters. The van der Waals surface area contributed by atoms with Gasteiger partial charge >= 0.3 is 0 Å². The van der Waals surface area contributed by atoms with Crippen LogP contribution in [0, 0.1) is 0 Å². The van der Waals surface area contributed by atoms with Gasteiger partial charge in [-0.2, -0.15) is 4.31 Å². The van der Waals surface area contributed by atoms with Gasteiger partial charge in [0.05, 0.1) is 12.3 Å². The molecule has 2 aliphatic rings. The van der Waals surface area contributed by atoms with E-state index < -0.39 is 10.0 Å². The predicted molar refractivity (Wildman–Crippen MR) is 104 cm³/mol. The van der Waals surface area contributed by atoms with Crippen molar-refractivity contribution in [3.63, 3.8) is 0 Å². The molecule has 3 rings (SSSR count). The number of likely N-dealkylation sites (tertiary alicyclic amines) is 1. The van der Waals surface area contributed by atoms with Gasteiger partial charge in [0, 0.05) is 45.5 Å². The van der Waals surface area contributed by atoms with E-state index in [2.05, 4.69) is 14.9 Å². The number of sulfonamides is 1. The number of anilines is 1. The lowest BCUT2D eigenvalue weighted by atomic mass is 10.1. The molecule has 2 saturated heterocycles. The Balaban J connectivity index is 1.48. The summed E-state index contributed by atoms with van der Waals surface area (Å²) >= 11 is 0. The van der Waals surface area contributed by atoms with Crippen molar-refractivity contribution >= 4 is 21.8 Å². The predicted octanol–water partition coefficient (Wildman–Crippen LogP) is 0.334. The number of hydrogen-bond donors (Lipinski definition) is 1. The molecule has 1 aromatic heterocycles. The second-order valence-corrected chi connectivity index (χ2v) is 8.77. The maximum atomic E-state index is 12.6. The Labute approximate surface area is 155 Å². The van der Waals surface area contributed by atoms with E-state index in [4.69, 9.17) is 5.73 Å². The second kappa shape index (κ2) is 8.68. The quantitative estimate of drug-likeness (QED) is 0.584. The summed E-state index contributed by atoms with van der Waals surface area (Å²) in [6.45, 7) is 4.29. The second-order valence-electron chi connectivity index (χ2n) is 6.68. The van der Waals surface area contributed by atoms with Crippen molar-refractivity contribution in [1.82, 2.24) is 14.2 Å². The fourth-order valence-electron chi connectivity index (χ4n) is 3.36. The Hall–Kier alpha value is -1.87. The molecule has 2 fully saturated rings. The van der Waals surface area contributed by atoms with Crippen LogP contribution in [0.5, 0.6) is 0 Å². The lowest BCUT2D eigenvalue weighted by Gasteiger charge is -2.34. The summed E-state index contributed by atoms with van der Waals surface area (Å²) in [7, 11) is -3.31. The first kappa shape index (κ1) is 18.9. The number of nitrogens with two attached hydrogens (primary N) is 1. The molecule has 2 N–H and O–H groups in total. The number of piperidine rings is 1. The standard InChI is InChI=1S/C17H28N6O2S/c18-17(22-9-4-1-5-10-22)20-8-15-26(24,25)23-13-11-21(12-14-23)16-6-2-3-7-19-16/h2-3,6-7H,1,4-5,8-15H2,(H2,18,20). The minimum Gasteiger partial charge on any atom is -0.370 e. The Bertz CT molecular complexity index is 695. The van der Waals surface area contributed by atoms with Gasteiger partial charge in [-0.05, 0) is 31.4 Å². The first-order valence-electron chi connectivity index (χ1n) is 9.25. The van der Waals surface area contributed by atoms with E-state index in [1.165, 1.54) is 6.42 Å². The van der Waals surface area contributed by atoms with Gasteiger partial charge in [0.1, 0.15) is 5.82 Å². The van der Waals surface area contributed by atoms with Crippen molar-refractivity contribution in [3.8, 4) is 0 Å². The van der Waals surface area contributed by atoms with Crippen molar-refractivity contribution in [1.29, 1.82) is 0 Å². The molecule has 144 valence electrons. The molecule has 0 amide bonds. The smallest absolute Gasteiger partial charge is 0.216 e. The third kappa shape index (κ3) is 4.85. The van der Waals surface area contributed by atoms with E-state index in [0.29, 0.717) is 32.1 Å². The number of piperazine rings is 1. The molecule has 0 radical (unpaired) electrons. The van der Waals surface area contributed by atoms with Gasteiger partial charge in [-0.1, -0.05) is 6.07 Å². The number of rotatable bonds is 5. The lowest BCUT2D eigenvalue weighted by Crippen LogP contribution is -2.49. The van der Waals surface area contributed by atoms with Crippen LogP contribution in [0.25, 0.3) is 0 Å². The van der Waals surface area contributed by atoms with Crippen LogP contribution in [0.3, 0.4) is 0 Å². The molecule has 0 atom stereocenters. The van der Waals surface area contributed by atoms with E-state index in [9.17, 15) is 8.42 Å². The van der Waals surface area contributed by atoms with Crippen molar-refractivity contribution in [2.24, 2.45) is 10.7 Å². The average molecular weight is 381 g/mol. The van der Waals surface area contributed by atoms with Crippen molar-refractivity contribution in [2.45, 2.75) is 19.3 Å². The Morgan fingerprint density at radius 1 is 1.08 bits per heavy atom. The van der Waals surface area contributed by atoms with E-state index >= 15 is 0 Å². The molecule has 0 bridgehead atoms. The molecular formula is C17H28N6O2S. The highest BCUT2D eigenvalue weighted by molar-refractivity contribution is 7.89. The summed E-state index contributed by atoms with van der Waals surface area (Å²) < 4.78 is 26.7. The molecular weight excluding hydrogens is 352 g/mol. The van der Waals surface area contributed by atoms with Crippen molar-refractivity contribution in [3.05, 3.63) is 24.4 Å². The zero-order chi connectivity index (χ0) is 18.4. The number of pyridine rings is 1. The van der Waals surface area contributed by atoms with Crippen LogP contribution in [-0.4, -0.2) is 80.1 Å². The molecule has 26 heavy (non-hydrogen) atoms. The first-order chi connectivity index (χ1) is 12.6. The van der Waals surface area contributed by atoms with Crippen molar-refractivity contribution in [2.75, 3.05) is 56.5 Å². The minimum absolute atomic E-state index is 0.00509. The Morgan fingerprint density at radius 2 is 1.81 bits per heavy atom.